The molecule has 5 heteroatoms. The highest BCUT2D eigenvalue weighted by Gasteiger charge is 2.15. The van der Waals surface area contributed by atoms with Crippen molar-refractivity contribution < 1.29 is 9.50 Å². The van der Waals surface area contributed by atoms with E-state index in [1.165, 1.54) is 23.6 Å². The summed E-state index contributed by atoms with van der Waals surface area (Å²) in [4.78, 5) is 7.52. The van der Waals surface area contributed by atoms with Crippen molar-refractivity contribution in [1.29, 1.82) is 0 Å². The summed E-state index contributed by atoms with van der Waals surface area (Å²) < 4.78 is 13.2. The minimum absolute atomic E-state index is 0.200. The molecule has 2 rings (SSSR count). The second-order valence-electron chi connectivity index (χ2n) is 2.71. The maximum absolute atomic E-state index is 13.2. The lowest BCUT2D eigenvalue weighted by Gasteiger charge is -2.07. The van der Waals surface area contributed by atoms with Crippen LogP contribution in [0.15, 0.2) is 29.4 Å². The molecule has 3 nitrogen and oxygen atoms in total. The summed E-state index contributed by atoms with van der Waals surface area (Å²) in [5.74, 6) is -0.520. The molecular formula is C9H7FN2OS. The van der Waals surface area contributed by atoms with Gasteiger partial charge in [0.2, 0.25) is 0 Å². The number of pyridine rings is 1. The third kappa shape index (κ3) is 1.64. The summed E-state index contributed by atoms with van der Waals surface area (Å²) in [6, 6.07) is 1.44. The number of hydrogen-bond acceptors (Lipinski definition) is 4. The van der Waals surface area contributed by atoms with Gasteiger partial charge in [-0.05, 0) is 6.07 Å². The van der Waals surface area contributed by atoms with Gasteiger partial charge in [0.05, 0.1) is 17.4 Å². The quantitative estimate of drug-likeness (QED) is 0.821. The van der Waals surface area contributed by atoms with Crippen LogP contribution in [-0.2, 0) is 0 Å². The molecule has 0 bridgehead atoms. The summed E-state index contributed by atoms with van der Waals surface area (Å²) >= 11 is 1.36. The Bertz CT molecular complexity index is 419. The lowest BCUT2D eigenvalue weighted by atomic mass is 10.1. The zero-order valence-corrected chi connectivity index (χ0v) is 7.91. The summed E-state index contributed by atoms with van der Waals surface area (Å²) in [5.41, 5.74) is 2.25. The number of aliphatic hydroxyl groups is 1. The van der Waals surface area contributed by atoms with E-state index in [1.54, 1.807) is 10.9 Å². The van der Waals surface area contributed by atoms with Crippen LogP contribution in [0.1, 0.15) is 17.4 Å². The van der Waals surface area contributed by atoms with Gasteiger partial charge in [0.1, 0.15) is 11.9 Å². The molecule has 0 aromatic carbocycles. The van der Waals surface area contributed by atoms with Gasteiger partial charge in [0, 0.05) is 17.1 Å². The zero-order valence-electron chi connectivity index (χ0n) is 7.09. The van der Waals surface area contributed by atoms with Crippen molar-refractivity contribution in [2.75, 3.05) is 0 Å². The maximum Gasteiger partial charge on any atom is 0.147 e. The first-order valence-corrected chi connectivity index (χ1v) is 4.89. The van der Waals surface area contributed by atoms with Crippen LogP contribution in [-0.4, -0.2) is 15.1 Å². The highest BCUT2D eigenvalue weighted by atomic mass is 32.1. The van der Waals surface area contributed by atoms with Crippen molar-refractivity contribution in [2.24, 2.45) is 0 Å². The Balaban J connectivity index is 2.37. The molecule has 0 aliphatic rings. The standard InChI is InChI=1S/C9H7FN2OS/c10-7-3-11-2-1-6(7)9(13)8-4-14-5-12-8/h1-5,9,13H. The Morgan fingerprint density at radius 2 is 2.36 bits per heavy atom. The number of hydrogen-bond donors (Lipinski definition) is 1. The van der Waals surface area contributed by atoms with Crippen LogP contribution < -0.4 is 0 Å². The maximum atomic E-state index is 13.2. The van der Waals surface area contributed by atoms with Gasteiger partial charge in [-0.15, -0.1) is 11.3 Å². The Labute approximate surface area is 83.9 Å². The van der Waals surface area contributed by atoms with Crippen LogP contribution >= 0.6 is 11.3 Å². The van der Waals surface area contributed by atoms with E-state index < -0.39 is 11.9 Å². The minimum atomic E-state index is -1.01. The van der Waals surface area contributed by atoms with E-state index in [9.17, 15) is 9.50 Å². The van der Waals surface area contributed by atoms with Gasteiger partial charge in [-0.2, -0.15) is 0 Å². The molecule has 1 unspecified atom stereocenters. The molecule has 0 aliphatic heterocycles. The molecule has 0 amide bonds. The van der Waals surface area contributed by atoms with E-state index in [1.807, 2.05) is 0 Å². The molecule has 0 saturated carbocycles. The molecule has 0 spiro atoms. The molecule has 1 N–H and O–H groups in total. The van der Waals surface area contributed by atoms with Crippen LogP contribution in [0.4, 0.5) is 4.39 Å². The van der Waals surface area contributed by atoms with Crippen molar-refractivity contribution in [3.05, 3.63) is 46.4 Å². The number of aliphatic hydroxyl groups excluding tert-OH is 1. The molecule has 0 radical (unpaired) electrons. The van der Waals surface area contributed by atoms with E-state index in [-0.39, 0.29) is 5.56 Å². The van der Waals surface area contributed by atoms with Gasteiger partial charge in [-0.1, -0.05) is 0 Å². The van der Waals surface area contributed by atoms with E-state index >= 15 is 0 Å². The third-order valence-corrected chi connectivity index (χ3v) is 2.43. The number of nitrogens with zero attached hydrogens (tertiary/aromatic N) is 2. The fourth-order valence-electron chi connectivity index (χ4n) is 1.12. The first-order chi connectivity index (χ1) is 6.79. The average Bonchev–Trinajstić information content (AvgIpc) is 2.70. The molecule has 2 heterocycles. The molecule has 72 valence electrons. The Hall–Kier alpha value is -1.33. The summed E-state index contributed by atoms with van der Waals surface area (Å²) in [6.07, 6.45) is 1.50. The summed E-state index contributed by atoms with van der Waals surface area (Å²) in [5, 5.41) is 11.4. The number of halogens is 1. The van der Waals surface area contributed by atoms with Crippen molar-refractivity contribution in [3.8, 4) is 0 Å². The second-order valence-corrected chi connectivity index (χ2v) is 3.43. The molecule has 1 atom stereocenters. The monoisotopic (exact) mass is 210 g/mol. The molecule has 0 aliphatic carbocycles. The van der Waals surface area contributed by atoms with Crippen LogP contribution in [0.25, 0.3) is 0 Å². The number of aromatic nitrogens is 2. The van der Waals surface area contributed by atoms with Gasteiger partial charge in [0.25, 0.3) is 0 Å². The Kier molecular flexibility index (Phi) is 2.51. The minimum Gasteiger partial charge on any atom is -0.382 e. The molecule has 14 heavy (non-hydrogen) atoms. The summed E-state index contributed by atoms with van der Waals surface area (Å²) in [7, 11) is 0. The Morgan fingerprint density at radius 1 is 1.50 bits per heavy atom. The second kappa shape index (κ2) is 3.81. The first-order valence-electron chi connectivity index (χ1n) is 3.94. The molecule has 2 aromatic rings. The largest absolute Gasteiger partial charge is 0.382 e. The number of thiazole rings is 1. The fourth-order valence-corrected chi connectivity index (χ4v) is 1.70. The van der Waals surface area contributed by atoms with Crippen molar-refractivity contribution in [1.82, 2.24) is 9.97 Å². The van der Waals surface area contributed by atoms with Crippen LogP contribution in [0, 0.1) is 5.82 Å². The Morgan fingerprint density at radius 3 is 3.00 bits per heavy atom. The fraction of sp³-hybridized carbons (Fsp3) is 0.111. The SMILES string of the molecule is OC(c1cscn1)c1ccncc1F. The van der Waals surface area contributed by atoms with Gasteiger partial charge >= 0.3 is 0 Å². The molecule has 2 aromatic heterocycles. The van der Waals surface area contributed by atoms with Crippen LogP contribution in [0.2, 0.25) is 0 Å². The van der Waals surface area contributed by atoms with Gasteiger partial charge in [0.15, 0.2) is 0 Å². The highest BCUT2D eigenvalue weighted by Crippen LogP contribution is 2.22. The highest BCUT2D eigenvalue weighted by molar-refractivity contribution is 7.07. The van der Waals surface area contributed by atoms with Crippen LogP contribution in [0.5, 0.6) is 0 Å². The smallest absolute Gasteiger partial charge is 0.147 e. The zero-order chi connectivity index (χ0) is 9.97. The third-order valence-electron chi connectivity index (χ3n) is 1.83. The van der Waals surface area contributed by atoms with E-state index in [0.717, 1.165) is 6.20 Å². The van der Waals surface area contributed by atoms with Crippen LogP contribution in [0.3, 0.4) is 0 Å². The van der Waals surface area contributed by atoms with E-state index in [0.29, 0.717) is 5.69 Å². The molecule has 0 saturated heterocycles. The lowest BCUT2D eigenvalue weighted by Crippen LogP contribution is -2.02. The summed E-state index contributed by atoms with van der Waals surface area (Å²) in [6.45, 7) is 0. The predicted octanol–water partition coefficient (Wildman–Crippen LogP) is 1.76. The van der Waals surface area contributed by atoms with Gasteiger partial charge in [-0.25, -0.2) is 9.37 Å². The topological polar surface area (TPSA) is 46.0 Å². The van der Waals surface area contributed by atoms with Gasteiger partial charge < -0.3 is 5.11 Å². The number of rotatable bonds is 2. The predicted molar refractivity (Wildman–Crippen MR) is 50.4 cm³/mol. The molecule has 0 fully saturated rings. The van der Waals surface area contributed by atoms with Gasteiger partial charge in [-0.3, -0.25) is 4.98 Å². The normalized spacial score (nSPS) is 12.7. The van der Waals surface area contributed by atoms with Crippen molar-refractivity contribution >= 4 is 11.3 Å². The van der Waals surface area contributed by atoms with E-state index in [4.69, 9.17) is 0 Å². The average molecular weight is 210 g/mol. The molecular weight excluding hydrogens is 203 g/mol. The van der Waals surface area contributed by atoms with E-state index in [2.05, 4.69) is 9.97 Å². The first kappa shape index (κ1) is 9.23. The van der Waals surface area contributed by atoms with Crippen molar-refractivity contribution in [3.63, 3.8) is 0 Å². The van der Waals surface area contributed by atoms with Crippen molar-refractivity contribution in [2.45, 2.75) is 6.10 Å². The lowest BCUT2D eigenvalue weighted by molar-refractivity contribution is 0.210.